The highest BCUT2D eigenvalue weighted by Gasteiger charge is 2.07. The summed E-state index contributed by atoms with van der Waals surface area (Å²) < 4.78 is 5.33. The van der Waals surface area contributed by atoms with Crippen molar-refractivity contribution in [2.24, 2.45) is 0 Å². The molecule has 0 rings (SSSR count). The van der Waals surface area contributed by atoms with Crippen molar-refractivity contribution in [3.05, 3.63) is 0 Å². The molecule has 0 N–H and O–H groups in total. The highest BCUT2D eigenvalue weighted by Crippen LogP contribution is 2.05. The monoisotopic (exact) mass is 180 g/mol. The molecule has 50 valence electrons. The maximum Gasteiger partial charge on any atom is 0.0598 e. The minimum absolute atomic E-state index is 0.0216. The second kappa shape index (κ2) is 3.46. The van der Waals surface area contributed by atoms with Crippen LogP contribution < -0.4 is 0 Å². The van der Waals surface area contributed by atoms with Gasteiger partial charge < -0.3 is 4.74 Å². The summed E-state index contributed by atoms with van der Waals surface area (Å²) in [6, 6.07) is 0. The average Bonchev–Trinajstić information content (AvgIpc) is 1.59. The van der Waals surface area contributed by atoms with Gasteiger partial charge in [-0.2, -0.15) is 0 Å². The molecule has 0 aromatic heterocycles. The highest BCUT2D eigenvalue weighted by molar-refractivity contribution is 9.09. The molecule has 0 radical (unpaired) electrons. The lowest BCUT2D eigenvalue weighted by atomic mass is 10.2. The van der Waals surface area contributed by atoms with Crippen molar-refractivity contribution in [1.82, 2.24) is 0 Å². The van der Waals surface area contributed by atoms with Crippen LogP contribution in [0.4, 0.5) is 0 Å². The first-order valence-corrected chi connectivity index (χ1v) is 3.88. The zero-order valence-electron chi connectivity index (χ0n) is 5.70. The molecule has 8 heavy (non-hydrogen) atoms. The third-order valence-electron chi connectivity index (χ3n) is 0.612. The summed E-state index contributed by atoms with van der Waals surface area (Å²) in [4.78, 5) is 0. The summed E-state index contributed by atoms with van der Waals surface area (Å²) in [6.45, 7) is 6.95. The fraction of sp³-hybridized carbons (Fsp3) is 1.00. The molecule has 0 saturated carbocycles. The van der Waals surface area contributed by atoms with Gasteiger partial charge in [0.1, 0.15) is 0 Å². The Morgan fingerprint density at radius 1 is 1.38 bits per heavy atom. The Kier molecular flexibility index (Phi) is 3.65. The second-order valence-corrected chi connectivity index (χ2v) is 3.44. The van der Waals surface area contributed by atoms with E-state index in [4.69, 9.17) is 4.74 Å². The van der Waals surface area contributed by atoms with Gasteiger partial charge >= 0.3 is 0 Å². The first kappa shape index (κ1) is 8.44. The quantitative estimate of drug-likeness (QED) is 0.593. The molecular weight excluding hydrogens is 168 g/mol. The first-order valence-electron chi connectivity index (χ1n) is 2.76. The molecule has 0 aliphatic rings. The molecule has 0 aromatic carbocycles. The van der Waals surface area contributed by atoms with Crippen LogP contribution in [0.3, 0.4) is 0 Å². The molecule has 0 atom stereocenters. The molecule has 0 heterocycles. The molecule has 1 nitrogen and oxygen atoms in total. The van der Waals surface area contributed by atoms with Gasteiger partial charge in [-0.3, -0.25) is 0 Å². The lowest BCUT2D eigenvalue weighted by Crippen LogP contribution is -2.20. The van der Waals surface area contributed by atoms with Gasteiger partial charge in [-0.05, 0) is 20.8 Å². The van der Waals surface area contributed by atoms with Gasteiger partial charge in [0.15, 0.2) is 0 Å². The van der Waals surface area contributed by atoms with Crippen molar-refractivity contribution in [3.63, 3.8) is 0 Å². The zero-order chi connectivity index (χ0) is 6.62. The van der Waals surface area contributed by atoms with Crippen LogP contribution in [-0.4, -0.2) is 17.5 Å². The summed E-state index contributed by atoms with van der Waals surface area (Å²) in [6.07, 6.45) is 0. The van der Waals surface area contributed by atoms with Gasteiger partial charge in [-0.25, -0.2) is 0 Å². The number of ether oxygens (including phenoxy) is 1. The standard InChI is InChI=1S/C6H13BrO/c1-6(2,3)8-5-4-7/h4-5H2,1-3H3. The van der Waals surface area contributed by atoms with Crippen LogP contribution >= 0.6 is 15.9 Å². The molecule has 0 aliphatic carbocycles. The fourth-order valence-electron chi connectivity index (χ4n) is 0.345. The van der Waals surface area contributed by atoms with E-state index in [-0.39, 0.29) is 5.60 Å². The maximum atomic E-state index is 5.33. The normalized spacial score (nSPS) is 12.0. The van der Waals surface area contributed by atoms with Crippen LogP contribution in [0, 0.1) is 0 Å². The SMILES string of the molecule is CC(C)(C)OCCBr. The van der Waals surface area contributed by atoms with Crippen LogP contribution in [0.2, 0.25) is 0 Å². The van der Waals surface area contributed by atoms with E-state index in [1.807, 2.05) is 0 Å². The highest BCUT2D eigenvalue weighted by atomic mass is 79.9. The smallest absolute Gasteiger partial charge is 0.0598 e. The Hall–Kier alpha value is 0.440. The Labute approximate surface area is 59.5 Å². The molecule has 0 bridgehead atoms. The van der Waals surface area contributed by atoms with E-state index < -0.39 is 0 Å². The molecule has 0 spiro atoms. The van der Waals surface area contributed by atoms with Crippen LogP contribution in [0.5, 0.6) is 0 Å². The summed E-state index contributed by atoms with van der Waals surface area (Å²) in [5, 5.41) is 0.921. The Balaban J connectivity index is 3.11. The minimum Gasteiger partial charge on any atom is -0.375 e. The van der Waals surface area contributed by atoms with E-state index in [0.29, 0.717) is 0 Å². The van der Waals surface area contributed by atoms with E-state index >= 15 is 0 Å². The molecule has 0 aliphatic heterocycles. The second-order valence-electron chi connectivity index (χ2n) is 2.65. The van der Waals surface area contributed by atoms with Crippen LogP contribution in [0.15, 0.2) is 0 Å². The third kappa shape index (κ3) is 6.44. The van der Waals surface area contributed by atoms with Crippen molar-refractivity contribution in [2.45, 2.75) is 26.4 Å². The topological polar surface area (TPSA) is 9.23 Å². The number of rotatable bonds is 2. The van der Waals surface area contributed by atoms with Gasteiger partial charge in [0, 0.05) is 5.33 Å². The van der Waals surface area contributed by atoms with Gasteiger partial charge in [0.2, 0.25) is 0 Å². The van der Waals surface area contributed by atoms with Crippen molar-refractivity contribution in [2.75, 3.05) is 11.9 Å². The minimum atomic E-state index is 0.0216. The first-order chi connectivity index (χ1) is 3.56. The predicted molar refractivity (Wildman–Crippen MR) is 39.5 cm³/mol. The number of hydrogen-bond donors (Lipinski definition) is 0. The van der Waals surface area contributed by atoms with Gasteiger partial charge in [0.25, 0.3) is 0 Å². The molecule has 0 aromatic rings. The third-order valence-corrected chi connectivity index (χ3v) is 0.936. The fourth-order valence-corrected chi connectivity index (χ4v) is 0.507. The van der Waals surface area contributed by atoms with E-state index in [2.05, 4.69) is 36.7 Å². The molecule has 0 fully saturated rings. The van der Waals surface area contributed by atoms with Crippen molar-refractivity contribution in [3.8, 4) is 0 Å². The van der Waals surface area contributed by atoms with Crippen LogP contribution in [-0.2, 0) is 4.74 Å². The zero-order valence-corrected chi connectivity index (χ0v) is 7.29. The van der Waals surface area contributed by atoms with Crippen LogP contribution in [0.1, 0.15) is 20.8 Å². The Morgan fingerprint density at radius 2 is 1.88 bits per heavy atom. The largest absolute Gasteiger partial charge is 0.375 e. The lowest BCUT2D eigenvalue weighted by Gasteiger charge is -2.18. The molecular formula is C6H13BrO. The molecule has 0 unspecified atom stereocenters. The predicted octanol–water partition coefficient (Wildman–Crippen LogP) is 2.20. The number of alkyl halides is 1. The molecule has 0 amide bonds. The van der Waals surface area contributed by atoms with Crippen LogP contribution in [0.25, 0.3) is 0 Å². The summed E-state index contributed by atoms with van der Waals surface area (Å²) in [5.74, 6) is 0. The van der Waals surface area contributed by atoms with Gasteiger partial charge in [-0.15, -0.1) is 0 Å². The summed E-state index contributed by atoms with van der Waals surface area (Å²) >= 11 is 3.28. The average molecular weight is 181 g/mol. The number of halogens is 1. The molecule has 0 saturated heterocycles. The maximum absolute atomic E-state index is 5.33. The molecule has 2 heteroatoms. The number of hydrogen-bond acceptors (Lipinski definition) is 1. The van der Waals surface area contributed by atoms with Gasteiger partial charge in [-0.1, -0.05) is 15.9 Å². The summed E-state index contributed by atoms with van der Waals surface area (Å²) in [7, 11) is 0. The Morgan fingerprint density at radius 3 is 2.00 bits per heavy atom. The Bertz CT molecular complexity index is 56.0. The van der Waals surface area contributed by atoms with E-state index in [9.17, 15) is 0 Å². The van der Waals surface area contributed by atoms with E-state index in [1.54, 1.807) is 0 Å². The van der Waals surface area contributed by atoms with Gasteiger partial charge in [0.05, 0.1) is 12.2 Å². The van der Waals surface area contributed by atoms with Crippen molar-refractivity contribution < 1.29 is 4.74 Å². The van der Waals surface area contributed by atoms with Crippen molar-refractivity contribution >= 4 is 15.9 Å². The lowest BCUT2D eigenvalue weighted by molar-refractivity contribution is 0.00734. The van der Waals surface area contributed by atoms with E-state index in [1.165, 1.54) is 0 Å². The summed E-state index contributed by atoms with van der Waals surface area (Å²) in [5.41, 5.74) is 0.0216. The van der Waals surface area contributed by atoms with E-state index in [0.717, 1.165) is 11.9 Å². The van der Waals surface area contributed by atoms with Crippen molar-refractivity contribution in [1.29, 1.82) is 0 Å².